The summed E-state index contributed by atoms with van der Waals surface area (Å²) in [5.41, 5.74) is -0.414. The van der Waals surface area contributed by atoms with Gasteiger partial charge in [-0.1, -0.05) is 0 Å². The zero-order chi connectivity index (χ0) is 13.0. The Labute approximate surface area is 101 Å². The fourth-order valence-corrected chi connectivity index (χ4v) is 1.49. The lowest BCUT2D eigenvalue weighted by Gasteiger charge is -2.05. The first-order chi connectivity index (χ1) is 7.99. The van der Waals surface area contributed by atoms with Crippen LogP contribution in [0.2, 0.25) is 0 Å². The zero-order valence-electron chi connectivity index (χ0n) is 8.91. The molecule has 0 atom stereocenters. The number of rotatable bonds is 4. The van der Waals surface area contributed by atoms with E-state index >= 15 is 0 Å². The van der Waals surface area contributed by atoms with Crippen LogP contribution >= 0.6 is 11.6 Å². The predicted molar refractivity (Wildman–Crippen MR) is 58.3 cm³/mol. The van der Waals surface area contributed by atoms with E-state index in [2.05, 4.69) is 4.74 Å². The molecule has 7 heteroatoms. The highest BCUT2D eigenvalue weighted by molar-refractivity contribution is 6.17. The Hall–Kier alpha value is -1.69. The Bertz CT molecular complexity index is 464. The number of ether oxygens (including phenoxy) is 1. The van der Waals surface area contributed by atoms with E-state index in [4.69, 9.17) is 11.6 Å². The molecular formula is C10H9ClFNO4. The van der Waals surface area contributed by atoms with Crippen LogP contribution in [0.3, 0.4) is 0 Å². The van der Waals surface area contributed by atoms with Crippen LogP contribution in [-0.2, 0) is 21.8 Å². The first-order valence-corrected chi connectivity index (χ1v) is 5.11. The smallest absolute Gasteiger partial charge is 0.310 e. The molecule has 0 unspecified atom stereocenters. The molecular weight excluding hydrogens is 253 g/mol. The molecule has 1 aromatic carbocycles. The number of hydrogen-bond donors (Lipinski definition) is 0. The van der Waals surface area contributed by atoms with Gasteiger partial charge in [-0.2, -0.15) is 0 Å². The van der Waals surface area contributed by atoms with Gasteiger partial charge in [-0.05, 0) is 0 Å². The van der Waals surface area contributed by atoms with Crippen molar-refractivity contribution in [3.8, 4) is 0 Å². The number of hydrogen-bond acceptors (Lipinski definition) is 4. The molecule has 0 fully saturated rings. The molecule has 1 rings (SSSR count). The first-order valence-electron chi connectivity index (χ1n) is 4.58. The van der Waals surface area contributed by atoms with E-state index < -0.39 is 16.7 Å². The zero-order valence-corrected chi connectivity index (χ0v) is 9.66. The first kappa shape index (κ1) is 13.4. The summed E-state index contributed by atoms with van der Waals surface area (Å²) in [5, 5.41) is 10.6. The summed E-state index contributed by atoms with van der Waals surface area (Å²) in [5.74, 6) is -1.59. The van der Waals surface area contributed by atoms with Crippen LogP contribution < -0.4 is 0 Å². The van der Waals surface area contributed by atoms with Gasteiger partial charge in [-0.15, -0.1) is 11.6 Å². The molecule has 0 spiro atoms. The van der Waals surface area contributed by atoms with Gasteiger partial charge in [0.15, 0.2) is 0 Å². The molecule has 0 aromatic heterocycles. The second-order valence-electron chi connectivity index (χ2n) is 3.22. The Balaban J connectivity index is 3.22. The number of halogens is 2. The fourth-order valence-electron chi connectivity index (χ4n) is 1.29. The van der Waals surface area contributed by atoms with Gasteiger partial charge in [0.05, 0.1) is 24.3 Å². The third kappa shape index (κ3) is 3.13. The van der Waals surface area contributed by atoms with E-state index in [1.807, 2.05) is 0 Å². The van der Waals surface area contributed by atoms with E-state index in [1.54, 1.807) is 0 Å². The summed E-state index contributed by atoms with van der Waals surface area (Å²) < 4.78 is 18.1. The molecule has 0 saturated carbocycles. The van der Waals surface area contributed by atoms with E-state index in [-0.39, 0.29) is 29.1 Å². The van der Waals surface area contributed by atoms with Crippen LogP contribution in [0.1, 0.15) is 11.1 Å². The van der Waals surface area contributed by atoms with Gasteiger partial charge < -0.3 is 4.74 Å². The number of non-ortho nitro benzene ring substituents is 1. The van der Waals surface area contributed by atoms with Crippen LogP contribution in [-0.4, -0.2) is 18.0 Å². The maximum Gasteiger partial charge on any atom is 0.310 e. The lowest BCUT2D eigenvalue weighted by atomic mass is 10.1. The molecule has 0 heterocycles. The molecule has 0 radical (unpaired) electrons. The number of benzene rings is 1. The second kappa shape index (κ2) is 5.58. The molecule has 0 aliphatic carbocycles. The van der Waals surface area contributed by atoms with Gasteiger partial charge in [0.25, 0.3) is 5.69 Å². The normalized spacial score (nSPS) is 10.1. The molecule has 0 aliphatic rings. The summed E-state index contributed by atoms with van der Waals surface area (Å²) in [6, 6.07) is 2.05. The number of methoxy groups -OCH3 is 1. The van der Waals surface area contributed by atoms with Crippen molar-refractivity contribution in [1.29, 1.82) is 0 Å². The maximum absolute atomic E-state index is 13.7. The third-order valence-electron chi connectivity index (χ3n) is 2.13. The largest absolute Gasteiger partial charge is 0.469 e. The molecule has 5 nitrogen and oxygen atoms in total. The van der Waals surface area contributed by atoms with E-state index in [9.17, 15) is 19.3 Å². The molecule has 0 saturated heterocycles. The highest BCUT2D eigenvalue weighted by atomic mass is 35.5. The molecule has 0 amide bonds. The van der Waals surface area contributed by atoms with Crippen LogP contribution in [0.15, 0.2) is 12.1 Å². The van der Waals surface area contributed by atoms with Crippen molar-refractivity contribution in [3.63, 3.8) is 0 Å². The number of nitrogens with zero attached hydrogens (tertiary/aromatic N) is 1. The van der Waals surface area contributed by atoms with Crippen LogP contribution in [0.5, 0.6) is 0 Å². The van der Waals surface area contributed by atoms with Gasteiger partial charge in [0.1, 0.15) is 5.82 Å². The lowest BCUT2D eigenvalue weighted by Crippen LogP contribution is -2.08. The molecule has 92 valence electrons. The van der Waals surface area contributed by atoms with Crippen molar-refractivity contribution in [2.75, 3.05) is 7.11 Å². The number of carbonyl (C=O) groups excluding carboxylic acids is 1. The third-order valence-corrected chi connectivity index (χ3v) is 2.41. The van der Waals surface area contributed by atoms with Crippen LogP contribution in [0.4, 0.5) is 10.1 Å². The maximum atomic E-state index is 13.7. The SMILES string of the molecule is COC(=O)Cc1cc([N+](=O)[O-])cc(CCl)c1F. The minimum atomic E-state index is -0.712. The summed E-state index contributed by atoms with van der Waals surface area (Å²) in [4.78, 5) is 21.0. The number of esters is 1. The van der Waals surface area contributed by atoms with E-state index in [1.165, 1.54) is 0 Å². The Kier molecular flexibility index (Phi) is 4.39. The van der Waals surface area contributed by atoms with Gasteiger partial charge in [-0.25, -0.2) is 4.39 Å². The van der Waals surface area contributed by atoms with Crippen molar-refractivity contribution in [2.45, 2.75) is 12.3 Å². The van der Waals surface area contributed by atoms with Crippen molar-refractivity contribution < 1.29 is 18.8 Å². The van der Waals surface area contributed by atoms with Crippen molar-refractivity contribution in [1.82, 2.24) is 0 Å². The molecule has 17 heavy (non-hydrogen) atoms. The second-order valence-corrected chi connectivity index (χ2v) is 3.49. The quantitative estimate of drug-likeness (QED) is 0.360. The summed E-state index contributed by atoms with van der Waals surface area (Å²) >= 11 is 5.47. The average Bonchev–Trinajstić information content (AvgIpc) is 2.31. The number of alkyl halides is 1. The summed E-state index contributed by atoms with van der Waals surface area (Å²) in [6.07, 6.45) is -0.367. The Morgan fingerprint density at radius 3 is 2.59 bits per heavy atom. The molecule has 0 bridgehead atoms. The highest BCUT2D eigenvalue weighted by Gasteiger charge is 2.18. The van der Waals surface area contributed by atoms with E-state index in [0.717, 1.165) is 19.2 Å². The minimum absolute atomic E-state index is 0.0141. The van der Waals surface area contributed by atoms with Gasteiger partial charge >= 0.3 is 5.97 Å². The average molecular weight is 262 g/mol. The summed E-state index contributed by atoms with van der Waals surface area (Å²) in [7, 11) is 1.15. The van der Waals surface area contributed by atoms with Crippen LogP contribution in [0, 0.1) is 15.9 Å². The minimum Gasteiger partial charge on any atom is -0.469 e. The Morgan fingerprint density at radius 2 is 2.12 bits per heavy atom. The number of carbonyl (C=O) groups is 1. The lowest BCUT2D eigenvalue weighted by molar-refractivity contribution is -0.385. The number of nitro benzene ring substituents is 1. The molecule has 0 N–H and O–H groups in total. The standard InChI is InChI=1S/C10H9ClFNO4/c1-17-9(14)4-6-2-8(13(15)16)3-7(5-11)10(6)12/h2-3H,4-5H2,1H3. The topological polar surface area (TPSA) is 69.4 Å². The summed E-state index contributed by atoms with van der Waals surface area (Å²) in [6.45, 7) is 0. The highest BCUT2D eigenvalue weighted by Crippen LogP contribution is 2.23. The Morgan fingerprint density at radius 1 is 1.53 bits per heavy atom. The molecule has 0 aliphatic heterocycles. The van der Waals surface area contributed by atoms with Crippen molar-refractivity contribution >= 4 is 23.3 Å². The van der Waals surface area contributed by atoms with Crippen LogP contribution in [0.25, 0.3) is 0 Å². The fraction of sp³-hybridized carbons (Fsp3) is 0.300. The van der Waals surface area contributed by atoms with Crippen molar-refractivity contribution in [2.24, 2.45) is 0 Å². The number of nitro groups is 1. The van der Waals surface area contributed by atoms with E-state index in [0.29, 0.717) is 0 Å². The van der Waals surface area contributed by atoms with Gasteiger partial charge in [0, 0.05) is 23.3 Å². The van der Waals surface area contributed by atoms with Gasteiger partial charge in [0.2, 0.25) is 0 Å². The predicted octanol–water partition coefficient (Wildman–Crippen LogP) is 2.19. The molecule has 1 aromatic rings. The van der Waals surface area contributed by atoms with Crippen molar-refractivity contribution in [3.05, 3.63) is 39.2 Å². The van der Waals surface area contributed by atoms with Gasteiger partial charge in [-0.3, -0.25) is 14.9 Å². The monoisotopic (exact) mass is 261 g/mol.